The Morgan fingerprint density at radius 2 is 2.42 bits per heavy atom. The molecule has 0 fully saturated rings. The summed E-state index contributed by atoms with van der Waals surface area (Å²) in [6, 6.07) is 4.08. The van der Waals surface area contributed by atoms with Gasteiger partial charge in [-0.3, -0.25) is 4.68 Å². The quantitative estimate of drug-likeness (QED) is 0.934. The predicted molar refractivity (Wildman–Crippen MR) is 74.5 cm³/mol. The van der Waals surface area contributed by atoms with E-state index in [0.29, 0.717) is 6.54 Å². The summed E-state index contributed by atoms with van der Waals surface area (Å²) in [6.07, 6.45) is 1.45. The molecule has 0 aliphatic rings. The molecule has 0 bridgehead atoms. The van der Waals surface area contributed by atoms with Crippen molar-refractivity contribution < 1.29 is 9.53 Å². The van der Waals surface area contributed by atoms with Crippen molar-refractivity contribution in [1.82, 2.24) is 15.1 Å². The van der Waals surface area contributed by atoms with Crippen molar-refractivity contribution >= 4 is 17.4 Å². The van der Waals surface area contributed by atoms with Crippen LogP contribution in [0.4, 0.5) is 4.79 Å². The van der Waals surface area contributed by atoms with Crippen molar-refractivity contribution in [2.45, 2.75) is 12.8 Å². The van der Waals surface area contributed by atoms with Crippen molar-refractivity contribution in [2.75, 3.05) is 13.7 Å². The van der Waals surface area contributed by atoms with Crippen LogP contribution in [0.1, 0.15) is 22.1 Å². The number of thiophene rings is 1. The summed E-state index contributed by atoms with van der Waals surface area (Å²) >= 11 is 1.67. The summed E-state index contributed by atoms with van der Waals surface area (Å²) in [4.78, 5) is 12.5. The van der Waals surface area contributed by atoms with E-state index in [1.165, 1.54) is 12.0 Å². The number of nitrogens with one attached hydrogen (secondary N) is 1. The van der Waals surface area contributed by atoms with E-state index in [1.807, 2.05) is 36.3 Å². The minimum Gasteiger partial charge on any atom is -0.453 e. The third-order valence-electron chi connectivity index (χ3n) is 3.17. The zero-order valence-electron chi connectivity index (χ0n) is 11.2. The van der Waals surface area contributed by atoms with Gasteiger partial charge in [0.05, 0.1) is 13.3 Å². The molecule has 0 saturated heterocycles. The van der Waals surface area contributed by atoms with Gasteiger partial charge in [0.1, 0.15) is 0 Å². The van der Waals surface area contributed by atoms with Crippen molar-refractivity contribution in [1.29, 1.82) is 0 Å². The van der Waals surface area contributed by atoms with E-state index < -0.39 is 6.09 Å². The van der Waals surface area contributed by atoms with Crippen LogP contribution in [0.15, 0.2) is 23.7 Å². The predicted octanol–water partition coefficient (Wildman–Crippen LogP) is 2.28. The highest BCUT2D eigenvalue weighted by Crippen LogP contribution is 2.29. The lowest BCUT2D eigenvalue weighted by molar-refractivity contribution is 0.170. The lowest BCUT2D eigenvalue weighted by Crippen LogP contribution is -2.28. The van der Waals surface area contributed by atoms with Crippen molar-refractivity contribution in [3.05, 3.63) is 39.8 Å². The average molecular weight is 279 g/mol. The Bertz CT molecular complexity index is 548. The SMILES string of the molecule is COC(=O)NCC(c1cccs1)c1cnn(C)c1C. The van der Waals surface area contributed by atoms with Crippen LogP contribution in [0.5, 0.6) is 0 Å². The summed E-state index contributed by atoms with van der Waals surface area (Å²) in [5.74, 6) is 0.104. The molecule has 2 rings (SSSR count). The molecule has 1 amide bonds. The van der Waals surface area contributed by atoms with E-state index in [0.717, 1.165) is 11.3 Å². The largest absolute Gasteiger partial charge is 0.453 e. The zero-order chi connectivity index (χ0) is 13.8. The molecule has 2 aromatic heterocycles. The number of hydrogen-bond acceptors (Lipinski definition) is 4. The fraction of sp³-hybridized carbons (Fsp3) is 0.385. The van der Waals surface area contributed by atoms with E-state index in [4.69, 9.17) is 0 Å². The molecule has 1 N–H and O–H groups in total. The van der Waals surface area contributed by atoms with E-state index in [9.17, 15) is 4.79 Å². The van der Waals surface area contributed by atoms with Crippen LogP contribution < -0.4 is 5.32 Å². The molecule has 0 saturated carbocycles. The van der Waals surface area contributed by atoms with E-state index in [1.54, 1.807) is 11.3 Å². The molecular formula is C13H17N3O2S. The van der Waals surface area contributed by atoms with Crippen LogP contribution in [0.25, 0.3) is 0 Å². The van der Waals surface area contributed by atoms with Gasteiger partial charge in [-0.1, -0.05) is 6.07 Å². The Morgan fingerprint density at radius 1 is 1.63 bits per heavy atom. The summed E-state index contributed by atoms with van der Waals surface area (Å²) in [7, 11) is 3.28. The number of rotatable bonds is 4. The number of carbonyl (C=O) groups excluding carboxylic acids is 1. The number of carbonyl (C=O) groups is 1. The molecule has 0 aliphatic heterocycles. The minimum absolute atomic E-state index is 0.104. The Hall–Kier alpha value is -1.82. The first-order chi connectivity index (χ1) is 9.13. The first kappa shape index (κ1) is 13.6. The van der Waals surface area contributed by atoms with E-state index in [2.05, 4.69) is 21.2 Å². The van der Waals surface area contributed by atoms with Crippen molar-refractivity contribution in [2.24, 2.45) is 7.05 Å². The lowest BCUT2D eigenvalue weighted by Gasteiger charge is -2.15. The van der Waals surface area contributed by atoms with Crippen LogP contribution in [0.2, 0.25) is 0 Å². The third kappa shape index (κ3) is 2.96. The molecule has 0 aliphatic carbocycles. The molecule has 1 unspecified atom stereocenters. The van der Waals surface area contributed by atoms with Crippen LogP contribution in [-0.4, -0.2) is 29.5 Å². The standard InChI is InChI=1S/C13H17N3O2S/c1-9-10(8-15-16(9)2)11(7-14-13(17)18-3)12-5-4-6-19-12/h4-6,8,11H,7H2,1-3H3,(H,14,17). The number of nitrogens with zero attached hydrogens (tertiary/aromatic N) is 2. The fourth-order valence-electron chi connectivity index (χ4n) is 1.97. The number of aryl methyl sites for hydroxylation is 1. The number of hydrogen-bond donors (Lipinski definition) is 1. The van der Waals surface area contributed by atoms with Crippen molar-refractivity contribution in [3.8, 4) is 0 Å². The van der Waals surface area contributed by atoms with Gasteiger partial charge in [-0.25, -0.2) is 4.79 Å². The van der Waals surface area contributed by atoms with Crippen molar-refractivity contribution in [3.63, 3.8) is 0 Å². The van der Waals surface area contributed by atoms with Gasteiger partial charge in [-0.2, -0.15) is 5.10 Å². The highest BCUT2D eigenvalue weighted by molar-refractivity contribution is 7.10. The van der Waals surface area contributed by atoms with Crippen LogP contribution in [0, 0.1) is 6.92 Å². The summed E-state index contributed by atoms with van der Waals surface area (Å²) in [5, 5.41) is 9.07. The molecule has 6 heteroatoms. The maximum Gasteiger partial charge on any atom is 0.406 e. The second kappa shape index (κ2) is 5.88. The average Bonchev–Trinajstić information content (AvgIpc) is 3.04. The van der Waals surface area contributed by atoms with E-state index >= 15 is 0 Å². The molecule has 0 aromatic carbocycles. The molecule has 2 heterocycles. The van der Waals surface area contributed by atoms with Crippen LogP contribution in [-0.2, 0) is 11.8 Å². The second-order valence-electron chi connectivity index (χ2n) is 4.25. The fourth-order valence-corrected chi connectivity index (χ4v) is 2.81. The van der Waals surface area contributed by atoms with Gasteiger partial charge in [0.25, 0.3) is 0 Å². The normalized spacial score (nSPS) is 12.2. The molecule has 2 aromatic rings. The highest BCUT2D eigenvalue weighted by atomic mass is 32.1. The van der Waals surface area contributed by atoms with Crippen LogP contribution >= 0.6 is 11.3 Å². The highest BCUT2D eigenvalue weighted by Gasteiger charge is 2.20. The van der Waals surface area contributed by atoms with Gasteiger partial charge >= 0.3 is 6.09 Å². The topological polar surface area (TPSA) is 56.1 Å². The molecule has 0 spiro atoms. The Morgan fingerprint density at radius 3 is 2.95 bits per heavy atom. The second-order valence-corrected chi connectivity index (χ2v) is 5.23. The summed E-state index contributed by atoms with van der Waals surface area (Å²) in [5.41, 5.74) is 2.23. The first-order valence-electron chi connectivity index (χ1n) is 5.97. The van der Waals surface area contributed by atoms with Gasteiger partial charge in [-0.15, -0.1) is 11.3 Å². The third-order valence-corrected chi connectivity index (χ3v) is 4.16. The summed E-state index contributed by atoms with van der Waals surface area (Å²) < 4.78 is 6.46. The minimum atomic E-state index is -0.414. The number of methoxy groups -OCH3 is 1. The molecule has 19 heavy (non-hydrogen) atoms. The number of ether oxygens (including phenoxy) is 1. The monoisotopic (exact) mass is 279 g/mol. The Labute approximate surface area is 116 Å². The first-order valence-corrected chi connectivity index (χ1v) is 6.85. The van der Waals surface area contributed by atoms with Crippen LogP contribution in [0.3, 0.4) is 0 Å². The zero-order valence-corrected chi connectivity index (χ0v) is 12.0. The number of amides is 1. The maximum atomic E-state index is 11.3. The van der Waals surface area contributed by atoms with Gasteiger partial charge in [0.2, 0.25) is 0 Å². The van der Waals surface area contributed by atoms with Gasteiger partial charge in [-0.05, 0) is 18.4 Å². The molecule has 1 atom stereocenters. The smallest absolute Gasteiger partial charge is 0.406 e. The van der Waals surface area contributed by atoms with Gasteiger partial charge < -0.3 is 10.1 Å². The van der Waals surface area contributed by atoms with Gasteiger partial charge in [0, 0.05) is 35.6 Å². The lowest BCUT2D eigenvalue weighted by atomic mass is 9.98. The maximum absolute atomic E-state index is 11.3. The number of aromatic nitrogens is 2. The van der Waals surface area contributed by atoms with Gasteiger partial charge in [0.15, 0.2) is 0 Å². The molecule has 5 nitrogen and oxygen atoms in total. The summed E-state index contributed by atoms with van der Waals surface area (Å²) in [6.45, 7) is 2.53. The Balaban J connectivity index is 2.25. The molecule has 0 radical (unpaired) electrons. The van der Waals surface area contributed by atoms with E-state index in [-0.39, 0.29) is 5.92 Å². The Kier molecular flexibility index (Phi) is 4.21. The number of alkyl carbamates (subject to hydrolysis) is 1. The molecular weight excluding hydrogens is 262 g/mol. The molecule has 102 valence electrons.